The lowest BCUT2D eigenvalue weighted by Gasteiger charge is -2.46. The highest BCUT2D eigenvalue weighted by atomic mass is 19.1. The van der Waals surface area contributed by atoms with E-state index in [9.17, 15) is 4.39 Å². The number of halogens is 1. The van der Waals surface area contributed by atoms with E-state index in [1.165, 1.54) is 0 Å². The van der Waals surface area contributed by atoms with Gasteiger partial charge in [0, 0.05) is 0 Å². The number of hydrogen-bond acceptors (Lipinski definition) is 10. The van der Waals surface area contributed by atoms with E-state index in [0.717, 1.165) is 16.7 Å². The SMILES string of the molecule is CC1(C)O[C@H]2[C@@H](O1)[C@@H](CO[C@@H]1O[C@H](CF)[C@@H](OCc3ccccc3)[C@H](OCc3ccccc3)[C@@H]1OCc1ccccc1)O[C@@H]1OC(C)(C)O[C@@H]12. The van der Waals surface area contributed by atoms with Gasteiger partial charge in [-0.15, -0.1) is 0 Å². The molecule has 0 spiro atoms. The van der Waals surface area contributed by atoms with E-state index >= 15 is 0 Å². The van der Waals surface area contributed by atoms with Gasteiger partial charge in [0.2, 0.25) is 0 Å². The van der Waals surface area contributed by atoms with Crippen LogP contribution < -0.4 is 0 Å². The lowest BCUT2D eigenvalue weighted by atomic mass is 9.97. The van der Waals surface area contributed by atoms with Crippen LogP contribution in [0.2, 0.25) is 0 Å². The summed E-state index contributed by atoms with van der Waals surface area (Å²) < 4.78 is 78.7. The highest BCUT2D eigenvalue weighted by Gasteiger charge is 2.61. The molecule has 10 atom stereocenters. The monoisotopic (exact) mass is 694 g/mol. The summed E-state index contributed by atoms with van der Waals surface area (Å²) >= 11 is 0. The number of hydrogen-bond donors (Lipinski definition) is 0. The first-order valence-corrected chi connectivity index (χ1v) is 17.3. The Balaban J connectivity index is 1.15. The normalized spacial score (nSPS) is 34.3. The van der Waals surface area contributed by atoms with Gasteiger partial charge in [-0.3, -0.25) is 0 Å². The average Bonchev–Trinajstić information content (AvgIpc) is 3.62. The largest absolute Gasteiger partial charge is 0.368 e. The minimum atomic E-state index is -1.04. The van der Waals surface area contributed by atoms with Crippen LogP contribution in [-0.4, -0.2) is 86.3 Å². The summed E-state index contributed by atoms with van der Waals surface area (Å²) in [6.07, 6.45) is -7.15. The molecular weight excluding hydrogens is 647 g/mol. The number of benzene rings is 3. The van der Waals surface area contributed by atoms with E-state index in [2.05, 4.69) is 0 Å². The van der Waals surface area contributed by atoms with E-state index in [-0.39, 0.29) is 26.4 Å². The summed E-state index contributed by atoms with van der Waals surface area (Å²) in [5, 5.41) is 0. The molecule has 0 unspecified atom stereocenters. The molecule has 7 rings (SSSR count). The maximum Gasteiger partial charge on any atom is 0.190 e. The van der Waals surface area contributed by atoms with E-state index in [1.54, 1.807) is 0 Å². The third-order valence-electron chi connectivity index (χ3n) is 9.27. The minimum Gasteiger partial charge on any atom is -0.368 e. The summed E-state index contributed by atoms with van der Waals surface area (Å²) in [6.45, 7) is 7.30. The molecule has 4 aliphatic rings. The smallest absolute Gasteiger partial charge is 0.190 e. The van der Waals surface area contributed by atoms with Crippen LogP contribution in [0, 0.1) is 0 Å². The van der Waals surface area contributed by atoms with Crippen LogP contribution in [0.3, 0.4) is 0 Å². The van der Waals surface area contributed by atoms with Crippen LogP contribution in [-0.2, 0) is 67.2 Å². The Labute approximate surface area is 292 Å². The molecule has 4 aliphatic heterocycles. The summed E-state index contributed by atoms with van der Waals surface area (Å²) in [7, 11) is 0. The molecule has 0 bridgehead atoms. The third kappa shape index (κ3) is 8.29. The summed E-state index contributed by atoms with van der Waals surface area (Å²) in [5.74, 6) is -1.73. The molecule has 0 saturated carbocycles. The van der Waals surface area contributed by atoms with Gasteiger partial charge in [0.25, 0.3) is 0 Å². The first kappa shape index (κ1) is 35.6. The van der Waals surface area contributed by atoms with Gasteiger partial charge in [-0.25, -0.2) is 4.39 Å². The average molecular weight is 695 g/mol. The standard InChI is InChI=1S/C39H47FO10/c1-38(2)47-31-29(46-37-35(33(31)48-38)49-39(3,4)50-37)24-44-36-34(43-23-27-18-12-7-13-19-27)32(42-22-26-16-10-6-11-17-26)30(28(20-40)45-36)41-21-25-14-8-5-9-15-25/h5-19,28-37H,20-24H2,1-4H3/t28-,29-,30-,31+,32+,33+,34+,35-,36-,37-/m1/s1. The quantitative estimate of drug-likeness (QED) is 0.217. The van der Waals surface area contributed by atoms with Crippen LogP contribution in [0.5, 0.6) is 0 Å². The van der Waals surface area contributed by atoms with Gasteiger partial charge < -0.3 is 47.4 Å². The Kier molecular flexibility index (Phi) is 11.0. The Morgan fingerprint density at radius 2 is 1.00 bits per heavy atom. The van der Waals surface area contributed by atoms with Gasteiger partial charge >= 0.3 is 0 Å². The Morgan fingerprint density at radius 3 is 1.56 bits per heavy atom. The molecule has 4 fully saturated rings. The first-order valence-electron chi connectivity index (χ1n) is 17.3. The summed E-state index contributed by atoms with van der Waals surface area (Å²) in [5.41, 5.74) is 2.85. The lowest BCUT2D eigenvalue weighted by molar-refractivity contribution is -0.334. The zero-order chi connectivity index (χ0) is 34.7. The van der Waals surface area contributed by atoms with Crippen LogP contribution in [0.15, 0.2) is 91.0 Å². The molecule has 11 heteroatoms. The maximum absolute atomic E-state index is 15.0. The molecule has 4 heterocycles. The van der Waals surface area contributed by atoms with Crippen molar-refractivity contribution in [2.75, 3.05) is 13.3 Å². The van der Waals surface area contributed by atoms with E-state index in [4.69, 9.17) is 47.4 Å². The molecule has 10 nitrogen and oxygen atoms in total. The van der Waals surface area contributed by atoms with Crippen molar-refractivity contribution in [1.82, 2.24) is 0 Å². The minimum absolute atomic E-state index is 0.0173. The van der Waals surface area contributed by atoms with Crippen LogP contribution >= 0.6 is 0 Å². The topological polar surface area (TPSA) is 92.3 Å². The van der Waals surface area contributed by atoms with Gasteiger partial charge in [-0.2, -0.15) is 0 Å². The molecule has 4 saturated heterocycles. The third-order valence-corrected chi connectivity index (χ3v) is 9.27. The van der Waals surface area contributed by atoms with Gasteiger partial charge in [0.1, 0.15) is 55.5 Å². The Hall–Kier alpha value is -2.81. The van der Waals surface area contributed by atoms with Crippen molar-refractivity contribution in [2.24, 2.45) is 0 Å². The van der Waals surface area contributed by atoms with Crippen molar-refractivity contribution in [3.63, 3.8) is 0 Å². The molecule has 50 heavy (non-hydrogen) atoms. The molecule has 0 radical (unpaired) electrons. The Morgan fingerprint density at radius 1 is 0.520 bits per heavy atom. The number of alkyl halides is 1. The number of ether oxygens (including phenoxy) is 10. The van der Waals surface area contributed by atoms with Crippen molar-refractivity contribution < 1.29 is 51.8 Å². The second-order valence-corrected chi connectivity index (χ2v) is 14.0. The molecule has 3 aromatic carbocycles. The van der Waals surface area contributed by atoms with Gasteiger partial charge in [-0.05, 0) is 44.4 Å². The van der Waals surface area contributed by atoms with Crippen molar-refractivity contribution >= 4 is 0 Å². The molecular formula is C39H47FO10. The fourth-order valence-corrected chi connectivity index (χ4v) is 7.02. The first-order chi connectivity index (χ1) is 24.2. The van der Waals surface area contributed by atoms with Crippen LogP contribution in [0.1, 0.15) is 44.4 Å². The van der Waals surface area contributed by atoms with Crippen LogP contribution in [0.4, 0.5) is 4.39 Å². The van der Waals surface area contributed by atoms with E-state index in [1.807, 2.05) is 119 Å². The molecule has 0 aliphatic carbocycles. The number of rotatable bonds is 13. The zero-order valence-corrected chi connectivity index (χ0v) is 28.9. The van der Waals surface area contributed by atoms with E-state index in [0.29, 0.717) is 0 Å². The van der Waals surface area contributed by atoms with Crippen molar-refractivity contribution in [3.8, 4) is 0 Å². The lowest BCUT2D eigenvalue weighted by Crippen LogP contribution is -2.62. The highest BCUT2D eigenvalue weighted by molar-refractivity contribution is 5.16. The van der Waals surface area contributed by atoms with E-state index < -0.39 is 79.7 Å². The predicted molar refractivity (Wildman–Crippen MR) is 178 cm³/mol. The second-order valence-electron chi connectivity index (χ2n) is 14.0. The fourth-order valence-electron chi connectivity index (χ4n) is 7.02. The van der Waals surface area contributed by atoms with Crippen molar-refractivity contribution in [2.45, 2.75) is 121 Å². The summed E-state index contributed by atoms with van der Waals surface area (Å²) in [4.78, 5) is 0. The summed E-state index contributed by atoms with van der Waals surface area (Å²) in [6, 6.07) is 29.3. The fraction of sp³-hybridized carbons (Fsp3) is 0.538. The maximum atomic E-state index is 15.0. The van der Waals surface area contributed by atoms with Gasteiger partial charge in [-0.1, -0.05) is 91.0 Å². The Bertz CT molecular complexity index is 1490. The molecule has 0 aromatic heterocycles. The van der Waals surface area contributed by atoms with Gasteiger partial charge in [0.05, 0.1) is 26.4 Å². The molecule has 3 aromatic rings. The second kappa shape index (κ2) is 15.4. The molecule has 270 valence electrons. The molecule has 0 N–H and O–H groups in total. The zero-order valence-electron chi connectivity index (χ0n) is 28.9. The van der Waals surface area contributed by atoms with Gasteiger partial charge in [0.15, 0.2) is 24.2 Å². The highest BCUT2D eigenvalue weighted by Crippen LogP contribution is 2.44. The van der Waals surface area contributed by atoms with Crippen molar-refractivity contribution in [3.05, 3.63) is 108 Å². The number of fused-ring (bicyclic) bond motifs is 3. The predicted octanol–water partition coefficient (Wildman–Crippen LogP) is 5.85. The van der Waals surface area contributed by atoms with Crippen LogP contribution in [0.25, 0.3) is 0 Å². The van der Waals surface area contributed by atoms with Crippen molar-refractivity contribution in [1.29, 1.82) is 0 Å². The molecule has 0 amide bonds.